The lowest BCUT2D eigenvalue weighted by Crippen LogP contribution is -3.14. The van der Waals surface area contributed by atoms with Crippen molar-refractivity contribution in [2.24, 2.45) is 0 Å². The van der Waals surface area contributed by atoms with Gasteiger partial charge in [-0.3, -0.25) is 0 Å². The predicted molar refractivity (Wildman–Crippen MR) is 103 cm³/mol. The molecule has 0 bridgehead atoms. The Balaban J connectivity index is 1.40. The predicted octanol–water partition coefficient (Wildman–Crippen LogP) is 0.704. The summed E-state index contributed by atoms with van der Waals surface area (Å²) in [4.78, 5) is 2.89. The first-order valence-electron chi connectivity index (χ1n) is 9.40. The lowest BCUT2D eigenvalue weighted by Gasteiger charge is -2.23. The van der Waals surface area contributed by atoms with E-state index in [0.717, 1.165) is 50.9 Å². The molecule has 1 fully saturated rings. The highest BCUT2D eigenvalue weighted by molar-refractivity contribution is 7.09. The van der Waals surface area contributed by atoms with Crippen LogP contribution in [0.15, 0.2) is 35.7 Å². The minimum Gasteiger partial charge on any atom is -0.493 e. The van der Waals surface area contributed by atoms with E-state index in [4.69, 9.17) is 14.2 Å². The second-order valence-electron chi connectivity index (χ2n) is 6.60. The summed E-state index contributed by atoms with van der Waals surface area (Å²) >= 11 is 1.71. The van der Waals surface area contributed by atoms with E-state index in [1.54, 1.807) is 23.3 Å². The molecule has 1 aliphatic rings. The fourth-order valence-electron chi connectivity index (χ4n) is 3.18. The summed E-state index contributed by atoms with van der Waals surface area (Å²) in [5.74, 6) is 1.62. The van der Waals surface area contributed by atoms with Crippen molar-refractivity contribution in [3.63, 3.8) is 0 Å². The summed E-state index contributed by atoms with van der Waals surface area (Å²) in [5.41, 5.74) is 1.27. The standard InChI is InChI=1S/C20H28N2O3S/c1-23-20-14-17(5-6-19(20)25-16-18-4-2-13-26-18)15-21-7-3-8-22-9-11-24-12-10-22/h2,4-6,13-14,21H,3,7-12,15-16H2,1H3/p+2. The first-order chi connectivity index (χ1) is 12.8. The van der Waals surface area contributed by atoms with E-state index >= 15 is 0 Å². The Morgan fingerprint density at radius 2 is 2.08 bits per heavy atom. The molecular weight excluding hydrogens is 348 g/mol. The summed E-state index contributed by atoms with van der Waals surface area (Å²) in [5, 5.41) is 4.44. The van der Waals surface area contributed by atoms with Gasteiger partial charge in [-0.05, 0) is 29.6 Å². The van der Waals surface area contributed by atoms with Gasteiger partial charge >= 0.3 is 0 Å². The minimum absolute atomic E-state index is 0.587. The first-order valence-corrected chi connectivity index (χ1v) is 10.3. The SMILES string of the molecule is COc1cc(C[NH2+]CCC[NH+]2CCOCC2)ccc1OCc1cccs1. The first kappa shape index (κ1) is 19.2. The molecular formula is C20H30N2O3S+2. The Morgan fingerprint density at radius 1 is 1.19 bits per heavy atom. The van der Waals surface area contributed by atoms with Crippen LogP contribution in [0.25, 0.3) is 0 Å². The van der Waals surface area contributed by atoms with Gasteiger partial charge in [-0.2, -0.15) is 0 Å². The molecule has 0 amide bonds. The van der Waals surface area contributed by atoms with Crippen molar-refractivity contribution in [2.45, 2.75) is 19.6 Å². The van der Waals surface area contributed by atoms with Crippen LogP contribution in [0, 0.1) is 0 Å². The average molecular weight is 379 g/mol. The van der Waals surface area contributed by atoms with Crippen LogP contribution in [0.1, 0.15) is 16.9 Å². The Bertz CT molecular complexity index is 643. The van der Waals surface area contributed by atoms with Gasteiger partial charge in [-0.25, -0.2) is 0 Å². The number of thiophene rings is 1. The van der Waals surface area contributed by atoms with Gasteiger partial charge in [0.25, 0.3) is 0 Å². The fourth-order valence-corrected chi connectivity index (χ4v) is 3.79. The lowest BCUT2D eigenvalue weighted by atomic mass is 10.2. The molecule has 0 saturated carbocycles. The highest BCUT2D eigenvalue weighted by atomic mass is 32.1. The molecule has 0 unspecified atom stereocenters. The Labute approximate surface area is 159 Å². The van der Waals surface area contributed by atoms with Crippen molar-refractivity contribution in [3.8, 4) is 11.5 Å². The molecule has 2 heterocycles. The molecule has 5 nitrogen and oxygen atoms in total. The van der Waals surface area contributed by atoms with Gasteiger partial charge < -0.3 is 24.4 Å². The van der Waals surface area contributed by atoms with Crippen molar-refractivity contribution in [1.29, 1.82) is 0 Å². The van der Waals surface area contributed by atoms with Gasteiger partial charge in [0.1, 0.15) is 26.2 Å². The van der Waals surface area contributed by atoms with E-state index in [1.807, 2.05) is 12.1 Å². The topological polar surface area (TPSA) is 48.7 Å². The minimum atomic E-state index is 0.587. The van der Waals surface area contributed by atoms with Crippen LogP contribution in [0.5, 0.6) is 11.5 Å². The Kier molecular flexibility index (Phi) is 7.76. The number of nitrogens with two attached hydrogens (primary N) is 1. The summed E-state index contributed by atoms with van der Waals surface area (Å²) in [6, 6.07) is 10.4. The van der Waals surface area contributed by atoms with Gasteiger partial charge in [-0.15, -0.1) is 11.3 Å². The van der Waals surface area contributed by atoms with Crippen molar-refractivity contribution in [3.05, 3.63) is 46.2 Å². The maximum Gasteiger partial charge on any atom is 0.161 e. The van der Waals surface area contributed by atoms with E-state index in [0.29, 0.717) is 6.61 Å². The van der Waals surface area contributed by atoms with Gasteiger partial charge in [0, 0.05) is 16.9 Å². The second kappa shape index (κ2) is 10.5. The number of morpholine rings is 1. The number of benzene rings is 1. The monoisotopic (exact) mass is 378 g/mol. The van der Waals surface area contributed by atoms with E-state index < -0.39 is 0 Å². The molecule has 3 rings (SSSR count). The second-order valence-corrected chi connectivity index (χ2v) is 7.63. The molecule has 1 aromatic heterocycles. The Morgan fingerprint density at radius 3 is 2.85 bits per heavy atom. The summed E-state index contributed by atoms with van der Waals surface area (Å²) in [6.45, 7) is 8.11. The van der Waals surface area contributed by atoms with Crippen LogP contribution < -0.4 is 19.7 Å². The average Bonchev–Trinajstić information content (AvgIpc) is 3.21. The maximum absolute atomic E-state index is 5.90. The zero-order valence-corrected chi connectivity index (χ0v) is 16.4. The molecule has 2 aromatic rings. The number of hydrogen-bond donors (Lipinski definition) is 2. The number of rotatable bonds is 10. The van der Waals surface area contributed by atoms with Crippen LogP contribution in [0.4, 0.5) is 0 Å². The number of hydrogen-bond acceptors (Lipinski definition) is 4. The molecule has 0 atom stereocenters. The molecule has 1 aromatic carbocycles. The molecule has 0 aliphatic carbocycles. The Hall–Kier alpha value is -1.60. The third-order valence-corrected chi connectivity index (χ3v) is 5.55. The largest absolute Gasteiger partial charge is 0.493 e. The van der Waals surface area contributed by atoms with Crippen LogP contribution in [0.3, 0.4) is 0 Å². The highest BCUT2D eigenvalue weighted by Crippen LogP contribution is 2.29. The van der Waals surface area contributed by atoms with Crippen LogP contribution in [-0.2, 0) is 17.9 Å². The number of nitrogens with one attached hydrogen (secondary N) is 1. The van der Waals surface area contributed by atoms with Crippen LogP contribution in [-0.4, -0.2) is 46.5 Å². The zero-order valence-electron chi connectivity index (χ0n) is 15.5. The summed E-state index contributed by atoms with van der Waals surface area (Å²) < 4.78 is 16.8. The van der Waals surface area contributed by atoms with Gasteiger partial charge in [0.05, 0.1) is 33.4 Å². The van der Waals surface area contributed by atoms with Crippen molar-refractivity contribution < 1.29 is 24.4 Å². The number of quaternary nitrogens is 2. The van der Waals surface area contributed by atoms with Crippen molar-refractivity contribution >= 4 is 11.3 Å². The molecule has 6 heteroatoms. The highest BCUT2D eigenvalue weighted by Gasteiger charge is 2.13. The number of ether oxygens (including phenoxy) is 3. The van der Waals surface area contributed by atoms with Gasteiger partial charge in [0.2, 0.25) is 0 Å². The summed E-state index contributed by atoms with van der Waals surface area (Å²) in [6.07, 6.45) is 1.24. The normalized spacial score (nSPS) is 15.1. The molecule has 26 heavy (non-hydrogen) atoms. The molecule has 1 saturated heterocycles. The van der Waals surface area contributed by atoms with Crippen molar-refractivity contribution in [1.82, 2.24) is 0 Å². The third-order valence-electron chi connectivity index (χ3n) is 4.70. The molecule has 142 valence electrons. The van der Waals surface area contributed by atoms with Gasteiger partial charge in [0.15, 0.2) is 11.5 Å². The summed E-state index contributed by atoms with van der Waals surface area (Å²) in [7, 11) is 1.70. The van der Waals surface area contributed by atoms with E-state index in [9.17, 15) is 0 Å². The van der Waals surface area contributed by atoms with E-state index in [-0.39, 0.29) is 0 Å². The van der Waals surface area contributed by atoms with Crippen molar-refractivity contribution in [2.75, 3.05) is 46.5 Å². The fraction of sp³-hybridized carbons (Fsp3) is 0.500. The van der Waals surface area contributed by atoms with E-state index in [1.165, 1.54) is 23.4 Å². The quantitative estimate of drug-likeness (QED) is 0.599. The smallest absolute Gasteiger partial charge is 0.161 e. The maximum atomic E-state index is 5.90. The van der Waals surface area contributed by atoms with Gasteiger partial charge in [-0.1, -0.05) is 6.07 Å². The molecule has 1 aliphatic heterocycles. The molecule has 0 radical (unpaired) electrons. The third kappa shape index (κ3) is 5.99. The van der Waals surface area contributed by atoms with Crippen LogP contribution >= 0.6 is 11.3 Å². The zero-order chi connectivity index (χ0) is 18.0. The molecule has 3 N–H and O–H groups in total. The van der Waals surface area contributed by atoms with E-state index in [2.05, 4.69) is 28.9 Å². The van der Waals surface area contributed by atoms with Crippen LogP contribution in [0.2, 0.25) is 0 Å². The number of methoxy groups -OCH3 is 1. The lowest BCUT2D eigenvalue weighted by molar-refractivity contribution is -0.909. The molecule has 0 spiro atoms.